The van der Waals surface area contributed by atoms with Gasteiger partial charge in [-0.2, -0.15) is 13.2 Å². The molecule has 0 aliphatic carbocycles. The number of alkyl halides is 3. The predicted octanol–water partition coefficient (Wildman–Crippen LogP) is 2.76. The summed E-state index contributed by atoms with van der Waals surface area (Å²) in [6.07, 6.45) is 1.22. The summed E-state index contributed by atoms with van der Waals surface area (Å²) in [6.45, 7) is 6.92. The SMILES string of the molecule is C/C=C\C(=O)CCC(O)N1CCN(Cc2cc3c(N4CCOCC4)nc(-c4cnc(NC(=O)NC)cc4C(F)(F)F)nn3c2)CC1. The van der Waals surface area contributed by atoms with Crippen LogP contribution >= 0.6 is 0 Å². The van der Waals surface area contributed by atoms with E-state index in [1.807, 2.05) is 15.9 Å². The number of nitrogens with one attached hydrogen (secondary N) is 2. The highest BCUT2D eigenvalue weighted by molar-refractivity contribution is 5.89. The number of ether oxygens (including phenoxy) is 1. The molecule has 2 amide bonds. The average molecular weight is 646 g/mol. The quantitative estimate of drug-likeness (QED) is 0.282. The highest BCUT2D eigenvalue weighted by Gasteiger charge is 2.36. The van der Waals surface area contributed by atoms with Crippen LogP contribution in [0.1, 0.15) is 30.9 Å². The molecule has 3 aromatic heterocycles. The summed E-state index contributed by atoms with van der Waals surface area (Å²) in [5.74, 6) is 0.0612. The van der Waals surface area contributed by atoms with Gasteiger partial charge in [-0.15, -0.1) is 5.10 Å². The van der Waals surface area contributed by atoms with Gasteiger partial charge < -0.3 is 20.1 Å². The zero-order chi connectivity index (χ0) is 32.8. The Balaban J connectivity index is 1.39. The molecule has 3 N–H and O–H groups in total. The van der Waals surface area contributed by atoms with Crippen molar-refractivity contribution in [2.24, 2.45) is 0 Å². The molecule has 0 spiro atoms. The second-order valence-electron chi connectivity index (χ2n) is 11.2. The molecular formula is C30H38F3N9O4. The molecule has 0 radical (unpaired) electrons. The van der Waals surface area contributed by atoms with Gasteiger partial charge in [0.2, 0.25) is 0 Å². The third kappa shape index (κ3) is 7.99. The highest BCUT2D eigenvalue weighted by Crippen LogP contribution is 2.38. The zero-order valence-corrected chi connectivity index (χ0v) is 25.8. The van der Waals surface area contributed by atoms with E-state index in [4.69, 9.17) is 4.74 Å². The molecule has 2 saturated heterocycles. The number of aliphatic hydroxyl groups excluding tert-OH is 1. The van der Waals surface area contributed by atoms with Gasteiger partial charge in [-0.3, -0.25) is 19.9 Å². The number of halogens is 3. The maximum absolute atomic E-state index is 14.3. The van der Waals surface area contributed by atoms with E-state index in [-0.39, 0.29) is 29.4 Å². The number of pyridine rings is 1. The van der Waals surface area contributed by atoms with E-state index in [1.165, 1.54) is 13.1 Å². The fourth-order valence-corrected chi connectivity index (χ4v) is 5.56. The zero-order valence-electron chi connectivity index (χ0n) is 25.8. The van der Waals surface area contributed by atoms with Crippen LogP contribution in [-0.4, -0.2) is 112 Å². The van der Waals surface area contributed by atoms with Crippen molar-refractivity contribution in [2.75, 3.05) is 69.7 Å². The molecule has 1 unspecified atom stereocenters. The third-order valence-corrected chi connectivity index (χ3v) is 7.97. The largest absolute Gasteiger partial charge is 0.417 e. The van der Waals surface area contributed by atoms with Crippen LogP contribution in [0, 0.1) is 0 Å². The number of allylic oxidation sites excluding steroid dienone is 2. The lowest BCUT2D eigenvalue weighted by molar-refractivity contribution is -0.137. The molecule has 0 aromatic carbocycles. The molecule has 248 valence electrons. The fraction of sp³-hybridized carbons (Fsp3) is 0.500. The molecule has 0 bridgehead atoms. The number of anilines is 2. The van der Waals surface area contributed by atoms with Crippen LogP contribution in [0.3, 0.4) is 0 Å². The molecule has 1 atom stereocenters. The Labute approximate surface area is 264 Å². The molecule has 3 aromatic rings. The molecule has 2 aliphatic rings. The van der Waals surface area contributed by atoms with Crippen molar-refractivity contribution < 1.29 is 32.6 Å². The minimum Gasteiger partial charge on any atom is -0.378 e. The van der Waals surface area contributed by atoms with Crippen molar-refractivity contribution >= 4 is 29.0 Å². The number of carbonyl (C=O) groups excluding carboxylic acids is 2. The molecule has 16 heteroatoms. The number of hydrogen-bond donors (Lipinski definition) is 3. The first-order valence-electron chi connectivity index (χ1n) is 15.1. The maximum Gasteiger partial charge on any atom is 0.417 e. The number of piperazine rings is 1. The van der Waals surface area contributed by atoms with Crippen molar-refractivity contribution in [3.8, 4) is 11.4 Å². The van der Waals surface area contributed by atoms with Crippen molar-refractivity contribution in [1.29, 1.82) is 0 Å². The predicted molar refractivity (Wildman–Crippen MR) is 164 cm³/mol. The lowest BCUT2D eigenvalue weighted by Crippen LogP contribution is -2.50. The van der Waals surface area contributed by atoms with Gasteiger partial charge in [-0.1, -0.05) is 6.08 Å². The minimum absolute atomic E-state index is 0.00963. The van der Waals surface area contributed by atoms with Crippen LogP contribution < -0.4 is 15.5 Å². The summed E-state index contributed by atoms with van der Waals surface area (Å²) in [5.41, 5.74) is 0.217. The van der Waals surface area contributed by atoms with Crippen LogP contribution in [0.2, 0.25) is 0 Å². The number of urea groups is 1. The number of aliphatic hydroxyl groups is 1. The summed E-state index contributed by atoms with van der Waals surface area (Å²) in [4.78, 5) is 38.3. The first kappa shape index (κ1) is 33.2. The van der Waals surface area contributed by atoms with Crippen molar-refractivity contribution in [3.05, 3.63) is 47.8 Å². The van der Waals surface area contributed by atoms with Gasteiger partial charge in [0, 0.05) is 71.7 Å². The number of aromatic nitrogens is 4. The van der Waals surface area contributed by atoms with Crippen LogP contribution in [0.25, 0.3) is 16.9 Å². The number of morpholine rings is 1. The van der Waals surface area contributed by atoms with Gasteiger partial charge in [0.25, 0.3) is 0 Å². The van der Waals surface area contributed by atoms with E-state index in [0.29, 0.717) is 76.8 Å². The maximum atomic E-state index is 14.3. The second-order valence-corrected chi connectivity index (χ2v) is 11.2. The monoisotopic (exact) mass is 645 g/mol. The van der Waals surface area contributed by atoms with Crippen LogP contribution in [0.15, 0.2) is 36.7 Å². The van der Waals surface area contributed by atoms with E-state index >= 15 is 0 Å². The smallest absolute Gasteiger partial charge is 0.378 e. The molecular weight excluding hydrogens is 607 g/mol. The highest BCUT2D eigenvalue weighted by atomic mass is 19.4. The third-order valence-electron chi connectivity index (χ3n) is 7.97. The Bertz CT molecular complexity index is 1560. The van der Waals surface area contributed by atoms with E-state index in [9.17, 15) is 27.9 Å². The number of rotatable bonds is 10. The van der Waals surface area contributed by atoms with Crippen molar-refractivity contribution in [1.82, 2.24) is 34.7 Å². The summed E-state index contributed by atoms with van der Waals surface area (Å²) in [6, 6.07) is 2.02. The number of nitrogens with zero attached hydrogens (tertiary/aromatic N) is 7. The second kappa shape index (κ2) is 14.5. The van der Waals surface area contributed by atoms with E-state index < -0.39 is 24.0 Å². The van der Waals surface area contributed by atoms with Gasteiger partial charge in [-0.05, 0) is 37.1 Å². The minimum atomic E-state index is -4.77. The molecule has 2 aliphatic heterocycles. The number of hydrogen-bond acceptors (Lipinski definition) is 10. The van der Waals surface area contributed by atoms with Gasteiger partial charge in [-0.25, -0.2) is 19.3 Å². The first-order chi connectivity index (χ1) is 22.0. The average Bonchev–Trinajstić information content (AvgIpc) is 3.46. The topological polar surface area (TPSA) is 140 Å². The standard InChI is InChI=1S/C30H38F3N9O4/c1-3-4-21(43)5-6-26(44)40-9-7-39(8-10-40)18-20-15-24-28(41-11-13-46-14-12-41)37-27(38-42(24)19-20)22-17-35-25(36-29(45)34-2)16-23(22)30(31,32)33/h3-4,15-17,19,26,44H,5-14,18H2,1-2H3,(H2,34,35,36,45)/b4-3-. The number of fused-ring (bicyclic) bond motifs is 1. The summed E-state index contributed by atoms with van der Waals surface area (Å²) in [7, 11) is 1.35. The van der Waals surface area contributed by atoms with Gasteiger partial charge >= 0.3 is 12.2 Å². The summed E-state index contributed by atoms with van der Waals surface area (Å²) < 4.78 is 49.9. The van der Waals surface area contributed by atoms with E-state index in [1.54, 1.807) is 23.7 Å². The fourth-order valence-electron chi connectivity index (χ4n) is 5.56. The number of amides is 2. The van der Waals surface area contributed by atoms with E-state index in [0.717, 1.165) is 17.8 Å². The lowest BCUT2D eigenvalue weighted by Gasteiger charge is -2.37. The van der Waals surface area contributed by atoms with E-state index in [2.05, 4.69) is 30.6 Å². The van der Waals surface area contributed by atoms with Crippen LogP contribution in [0.5, 0.6) is 0 Å². The van der Waals surface area contributed by atoms with Crippen LogP contribution in [0.4, 0.5) is 29.6 Å². The molecule has 0 saturated carbocycles. The summed E-state index contributed by atoms with van der Waals surface area (Å²) >= 11 is 0. The Morgan fingerprint density at radius 3 is 2.54 bits per heavy atom. The molecule has 2 fully saturated rings. The van der Waals surface area contributed by atoms with Crippen LogP contribution in [-0.2, 0) is 22.3 Å². The Morgan fingerprint density at radius 1 is 1.13 bits per heavy atom. The number of ketones is 1. The van der Waals surface area contributed by atoms with Gasteiger partial charge in [0.05, 0.1) is 24.3 Å². The van der Waals surface area contributed by atoms with Gasteiger partial charge in [0.15, 0.2) is 17.4 Å². The molecule has 5 rings (SSSR count). The van der Waals surface area contributed by atoms with Crippen molar-refractivity contribution in [3.63, 3.8) is 0 Å². The number of carbonyl (C=O) groups is 2. The first-order valence-corrected chi connectivity index (χ1v) is 15.1. The Morgan fingerprint density at radius 2 is 1.87 bits per heavy atom. The lowest BCUT2D eigenvalue weighted by atomic mass is 10.1. The van der Waals surface area contributed by atoms with Crippen molar-refractivity contribution in [2.45, 2.75) is 38.7 Å². The molecule has 46 heavy (non-hydrogen) atoms. The summed E-state index contributed by atoms with van der Waals surface area (Å²) in [5, 5.41) is 19.6. The Kier molecular flexibility index (Phi) is 10.5. The Hall–Kier alpha value is -4.12. The normalized spacial score (nSPS) is 17.5. The molecule has 5 heterocycles. The van der Waals surface area contributed by atoms with Gasteiger partial charge in [0.1, 0.15) is 17.6 Å². The molecule has 13 nitrogen and oxygen atoms in total.